The zero-order chi connectivity index (χ0) is 22.0. The van der Waals surface area contributed by atoms with Gasteiger partial charge < -0.3 is 14.8 Å². The van der Waals surface area contributed by atoms with Crippen LogP contribution in [0.1, 0.15) is 45.1 Å². The Hall–Kier alpha value is -3.30. The number of alkyl halides is 3. The number of rotatable bonds is 3. The second-order valence-corrected chi connectivity index (χ2v) is 8.17. The molecule has 1 saturated carbocycles. The number of para-hydroxylation sites is 1. The molecule has 2 aliphatic rings. The van der Waals surface area contributed by atoms with Gasteiger partial charge in [0, 0.05) is 42.2 Å². The number of aromatic nitrogens is 3. The van der Waals surface area contributed by atoms with Gasteiger partial charge in [0.25, 0.3) is 11.8 Å². The van der Waals surface area contributed by atoms with Gasteiger partial charge >= 0.3 is 6.18 Å². The average molecular weight is 431 g/mol. The molecule has 0 unspecified atom stereocenters. The van der Waals surface area contributed by atoms with E-state index >= 15 is 0 Å². The first-order valence-corrected chi connectivity index (χ1v) is 9.99. The molecule has 1 aliphatic carbocycles. The molecular weight excluding hydrogens is 411 g/mol. The maximum atomic E-state index is 13.5. The van der Waals surface area contributed by atoms with Crippen molar-refractivity contribution in [1.29, 1.82) is 0 Å². The molecule has 3 heterocycles. The fourth-order valence-corrected chi connectivity index (χ4v) is 4.28. The lowest BCUT2D eigenvalue weighted by Crippen LogP contribution is -2.49. The highest BCUT2D eigenvalue weighted by Crippen LogP contribution is 2.53. The zero-order valence-corrected chi connectivity index (χ0v) is 16.7. The van der Waals surface area contributed by atoms with Gasteiger partial charge in [-0.25, -0.2) is 0 Å². The number of amides is 2. The van der Waals surface area contributed by atoms with Crippen LogP contribution in [0.4, 0.5) is 13.2 Å². The van der Waals surface area contributed by atoms with Crippen molar-refractivity contribution in [3.63, 3.8) is 0 Å². The lowest BCUT2D eigenvalue weighted by Gasteiger charge is -2.31. The molecular formula is C21H20F3N5O2. The van der Waals surface area contributed by atoms with E-state index in [1.165, 1.54) is 7.05 Å². The molecule has 1 aliphatic heterocycles. The van der Waals surface area contributed by atoms with E-state index in [2.05, 4.69) is 15.2 Å². The van der Waals surface area contributed by atoms with Crippen molar-refractivity contribution in [3.05, 3.63) is 53.0 Å². The molecule has 1 fully saturated rings. The summed E-state index contributed by atoms with van der Waals surface area (Å²) in [5, 5.41) is 7.69. The molecule has 7 nitrogen and oxygen atoms in total. The maximum Gasteiger partial charge on any atom is 0.411 e. The van der Waals surface area contributed by atoms with Gasteiger partial charge in [0.05, 0.1) is 6.54 Å². The fourth-order valence-electron chi connectivity index (χ4n) is 4.28. The first-order chi connectivity index (χ1) is 14.7. The summed E-state index contributed by atoms with van der Waals surface area (Å²) in [6.45, 7) is 0.521. The Labute approximate surface area is 175 Å². The Bertz CT molecular complexity index is 1160. The van der Waals surface area contributed by atoms with Crippen molar-refractivity contribution in [1.82, 2.24) is 25.0 Å². The van der Waals surface area contributed by atoms with Crippen molar-refractivity contribution in [2.24, 2.45) is 0 Å². The third kappa shape index (κ3) is 3.00. The van der Waals surface area contributed by atoms with Gasteiger partial charge in [-0.2, -0.15) is 18.3 Å². The van der Waals surface area contributed by atoms with Crippen LogP contribution in [0.3, 0.4) is 0 Å². The highest BCUT2D eigenvalue weighted by molar-refractivity contribution is 5.99. The third-order valence-electron chi connectivity index (χ3n) is 6.38. The number of fused-ring (bicyclic) bond motifs is 2. The van der Waals surface area contributed by atoms with Gasteiger partial charge in [-0.15, -0.1) is 0 Å². The molecule has 0 spiro atoms. The monoisotopic (exact) mass is 431 g/mol. The predicted octanol–water partition coefficient (Wildman–Crippen LogP) is 3.26. The Balaban J connectivity index is 1.40. The van der Waals surface area contributed by atoms with E-state index in [4.69, 9.17) is 0 Å². The van der Waals surface area contributed by atoms with Crippen LogP contribution in [0.15, 0.2) is 30.3 Å². The molecule has 2 amide bonds. The average Bonchev–Trinajstić information content (AvgIpc) is 3.30. The van der Waals surface area contributed by atoms with E-state index in [0.29, 0.717) is 29.9 Å². The summed E-state index contributed by atoms with van der Waals surface area (Å²) in [7, 11) is 1.17. The minimum atomic E-state index is -4.49. The Kier molecular flexibility index (Phi) is 4.18. The summed E-state index contributed by atoms with van der Waals surface area (Å²) in [6, 6.07) is 9.28. The van der Waals surface area contributed by atoms with Crippen molar-refractivity contribution in [2.75, 3.05) is 13.6 Å². The number of nitrogens with zero attached hydrogens (tertiary/aromatic N) is 3. The summed E-state index contributed by atoms with van der Waals surface area (Å²) in [5.41, 5.74) is 0.241. The van der Waals surface area contributed by atoms with Gasteiger partial charge in [-0.3, -0.25) is 14.7 Å². The number of H-pyrrole nitrogens is 2. The summed E-state index contributed by atoms with van der Waals surface area (Å²) < 4.78 is 40.4. The minimum absolute atomic E-state index is 0.0535. The lowest BCUT2D eigenvalue weighted by molar-refractivity contribution is -0.185. The summed E-state index contributed by atoms with van der Waals surface area (Å²) in [6.07, 6.45) is -4.28. The molecule has 31 heavy (non-hydrogen) atoms. The first-order valence-electron chi connectivity index (χ1n) is 9.99. The number of hydrogen-bond donors (Lipinski definition) is 2. The largest absolute Gasteiger partial charge is 0.411 e. The second-order valence-electron chi connectivity index (χ2n) is 8.17. The molecule has 0 radical (unpaired) electrons. The molecule has 162 valence electrons. The number of nitrogens with one attached hydrogen (secondary N) is 2. The van der Waals surface area contributed by atoms with Crippen LogP contribution < -0.4 is 0 Å². The molecule has 0 atom stereocenters. The smallest absolute Gasteiger partial charge is 0.351 e. The predicted molar refractivity (Wildman–Crippen MR) is 105 cm³/mol. The number of carbonyl (C=O) groups excluding carboxylic acids is 2. The Morgan fingerprint density at radius 1 is 1.23 bits per heavy atom. The molecule has 10 heteroatoms. The van der Waals surface area contributed by atoms with Gasteiger partial charge in [0.15, 0.2) is 5.69 Å². The van der Waals surface area contributed by atoms with E-state index in [0.717, 1.165) is 15.8 Å². The Morgan fingerprint density at radius 2 is 1.97 bits per heavy atom. The number of benzene rings is 1. The topological polar surface area (TPSA) is 85.1 Å². The van der Waals surface area contributed by atoms with Crippen LogP contribution in [0.5, 0.6) is 0 Å². The van der Waals surface area contributed by atoms with Crippen LogP contribution in [0.25, 0.3) is 10.9 Å². The van der Waals surface area contributed by atoms with Crippen molar-refractivity contribution in [2.45, 2.75) is 37.5 Å². The van der Waals surface area contributed by atoms with Crippen molar-refractivity contribution < 1.29 is 22.8 Å². The highest BCUT2D eigenvalue weighted by Gasteiger charge is 2.67. The molecule has 0 saturated heterocycles. The second kappa shape index (κ2) is 6.60. The van der Waals surface area contributed by atoms with E-state index in [9.17, 15) is 22.8 Å². The number of halogens is 3. The number of hydrogen-bond acceptors (Lipinski definition) is 3. The van der Waals surface area contributed by atoms with Crippen LogP contribution in [-0.4, -0.2) is 62.1 Å². The standard InChI is InChI=1S/C21H20F3N5O2/c1-28(20(7-8-20)21(22,23)24)19(31)17-13-11-29(9-6-15(13)26-27-17)18(30)16-10-12-4-2-3-5-14(12)25-16/h2-5,10,25H,6-9,11H2,1H3,(H,26,27). The van der Waals surface area contributed by atoms with Crippen molar-refractivity contribution in [3.8, 4) is 0 Å². The quantitative estimate of drug-likeness (QED) is 0.668. The van der Waals surface area contributed by atoms with E-state index in [1.807, 2.05) is 24.3 Å². The van der Waals surface area contributed by atoms with E-state index in [1.54, 1.807) is 11.0 Å². The van der Waals surface area contributed by atoms with E-state index in [-0.39, 0.29) is 31.0 Å². The Morgan fingerprint density at radius 3 is 2.65 bits per heavy atom. The molecule has 1 aromatic carbocycles. The molecule has 2 N–H and O–H groups in total. The molecule has 3 aromatic rings. The summed E-state index contributed by atoms with van der Waals surface area (Å²) in [5.74, 6) is -1.02. The van der Waals surface area contributed by atoms with Crippen LogP contribution in [0, 0.1) is 0 Å². The molecule has 5 rings (SSSR count). The zero-order valence-electron chi connectivity index (χ0n) is 16.7. The van der Waals surface area contributed by atoms with Gasteiger partial charge in [-0.05, 0) is 25.0 Å². The normalized spacial score (nSPS) is 17.5. The van der Waals surface area contributed by atoms with Gasteiger partial charge in [-0.1, -0.05) is 18.2 Å². The molecule has 0 bridgehead atoms. The van der Waals surface area contributed by atoms with Crippen LogP contribution in [-0.2, 0) is 13.0 Å². The van der Waals surface area contributed by atoms with Gasteiger partial charge in [0.2, 0.25) is 0 Å². The SMILES string of the molecule is CN(C(=O)c1n[nH]c2c1CN(C(=O)c1cc3ccccc3[nH]1)CC2)C1(C(F)(F)F)CC1. The lowest BCUT2D eigenvalue weighted by atomic mass is 10.0. The highest BCUT2D eigenvalue weighted by atomic mass is 19.4. The summed E-state index contributed by atoms with van der Waals surface area (Å²) >= 11 is 0. The summed E-state index contributed by atoms with van der Waals surface area (Å²) in [4.78, 5) is 31.4. The van der Waals surface area contributed by atoms with Crippen LogP contribution >= 0.6 is 0 Å². The first kappa shape index (κ1) is 19.7. The maximum absolute atomic E-state index is 13.5. The van der Waals surface area contributed by atoms with Crippen LogP contribution in [0.2, 0.25) is 0 Å². The minimum Gasteiger partial charge on any atom is -0.351 e. The third-order valence-corrected chi connectivity index (χ3v) is 6.38. The fraction of sp³-hybridized carbons (Fsp3) is 0.381. The van der Waals surface area contributed by atoms with E-state index < -0.39 is 17.6 Å². The molecule has 2 aromatic heterocycles. The van der Waals surface area contributed by atoms with Crippen molar-refractivity contribution >= 4 is 22.7 Å². The number of aromatic amines is 2. The number of carbonyl (C=O) groups is 2. The van der Waals surface area contributed by atoms with Gasteiger partial charge in [0.1, 0.15) is 11.2 Å².